The lowest BCUT2D eigenvalue weighted by atomic mass is 9.89. The lowest BCUT2D eigenvalue weighted by molar-refractivity contribution is -0.142. The van der Waals surface area contributed by atoms with Crippen molar-refractivity contribution in [2.24, 2.45) is 11.8 Å². The third kappa shape index (κ3) is 3.10. The topological polar surface area (TPSA) is 54.4 Å². The molecule has 18 heavy (non-hydrogen) atoms. The minimum Gasteiger partial charge on any atom is -0.481 e. The highest BCUT2D eigenvalue weighted by Gasteiger charge is 2.34. The molecule has 0 saturated heterocycles. The zero-order valence-corrected chi connectivity index (χ0v) is 12.1. The molecule has 0 spiro atoms. The zero-order chi connectivity index (χ0) is 13.1. The molecule has 1 aromatic rings. The second-order valence-corrected chi connectivity index (χ2v) is 6.02. The standard InChI is InChI=1S/C14H15IO3/c15-11-6-4-9(5-7-11)13(16)8-10-2-1-3-12(10)14(17)18/h4-7,10,12H,1-3,8H2,(H,17,18). The first-order valence-electron chi connectivity index (χ1n) is 6.09. The van der Waals surface area contributed by atoms with E-state index in [0.717, 1.165) is 16.4 Å². The summed E-state index contributed by atoms with van der Waals surface area (Å²) < 4.78 is 1.09. The van der Waals surface area contributed by atoms with E-state index in [4.69, 9.17) is 5.11 Å². The number of benzene rings is 1. The molecule has 0 radical (unpaired) electrons. The number of hydrogen-bond acceptors (Lipinski definition) is 2. The molecule has 2 atom stereocenters. The molecule has 0 aromatic heterocycles. The van der Waals surface area contributed by atoms with E-state index in [2.05, 4.69) is 22.6 Å². The molecule has 0 amide bonds. The molecule has 0 aliphatic heterocycles. The van der Waals surface area contributed by atoms with Crippen molar-refractivity contribution in [1.29, 1.82) is 0 Å². The fourth-order valence-corrected chi connectivity index (χ4v) is 2.96. The number of rotatable bonds is 4. The second kappa shape index (κ2) is 5.82. The predicted octanol–water partition coefficient (Wildman–Crippen LogP) is 3.36. The van der Waals surface area contributed by atoms with Crippen molar-refractivity contribution in [3.8, 4) is 0 Å². The Labute approximate surface area is 120 Å². The van der Waals surface area contributed by atoms with E-state index in [1.807, 2.05) is 24.3 Å². The van der Waals surface area contributed by atoms with E-state index in [9.17, 15) is 9.59 Å². The van der Waals surface area contributed by atoms with Crippen molar-refractivity contribution in [3.63, 3.8) is 0 Å². The molecule has 1 aliphatic carbocycles. The molecule has 0 bridgehead atoms. The van der Waals surface area contributed by atoms with Crippen LogP contribution >= 0.6 is 22.6 Å². The quantitative estimate of drug-likeness (QED) is 0.663. The van der Waals surface area contributed by atoms with Gasteiger partial charge in [-0.1, -0.05) is 18.6 Å². The highest BCUT2D eigenvalue weighted by atomic mass is 127. The van der Waals surface area contributed by atoms with E-state index < -0.39 is 5.97 Å². The summed E-state index contributed by atoms with van der Waals surface area (Å²) >= 11 is 2.19. The zero-order valence-electron chi connectivity index (χ0n) is 9.93. The Morgan fingerprint density at radius 2 is 1.89 bits per heavy atom. The molecule has 96 valence electrons. The summed E-state index contributed by atoms with van der Waals surface area (Å²) in [6, 6.07) is 7.43. The number of carboxylic acid groups (broad SMARTS) is 1. The summed E-state index contributed by atoms with van der Waals surface area (Å²) in [5, 5.41) is 9.09. The van der Waals surface area contributed by atoms with Gasteiger partial charge in [0.15, 0.2) is 5.78 Å². The lowest BCUT2D eigenvalue weighted by Crippen LogP contribution is -2.20. The number of ketones is 1. The predicted molar refractivity (Wildman–Crippen MR) is 76.6 cm³/mol. The number of halogens is 1. The van der Waals surface area contributed by atoms with Crippen LogP contribution in [0.15, 0.2) is 24.3 Å². The molecule has 3 nitrogen and oxygen atoms in total. The van der Waals surface area contributed by atoms with Gasteiger partial charge in [0.2, 0.25) is 0 Å². The van der Waals surface area contributed by atoms with Gasteiger partial charge in [0.25, 0.3) is 0 Å². The van der Waals surface area contributed by atoms with E-state index in [-0.39, 0.29) is 17.6 Å². The molecule has 4 heteroatoms. The van der Waals surface area contributed by atoms with Crippen LogP contribution in [0.1, 0.15) is 36.0 Å². The monoisotopic (exact) mass is 358 g/mol. The summed E-state index contributed by atoms with van der Waals surface area (Å²) in [5.41, 5.74) is 0.687. The number of Topliss-reactive ketones (excluding diaryl/α,β-unsaturated/α-hetero) is 1. The normalized spacial score (nSPS) is 22.9. The molecule has 1 aromatic carbocycles. The van der Waals surface area contributed by atoms with Gasteiger partial charge in [-0.2, -0.15) is 0 Å². The average Bonchev–Trinajstić information content (AvgIpc) is 2.78. The van der Waals surface area contributed by atoms with Crippen LogP contribution in [0.25, 0.3) is 0 Å². The molecule has 1 fully saturated rings. The maximum absolute atomic E-state index is 12.1. The third-order valence-electron chi connectivity index (χ3n) is 3.59. The maximum Gasteiger partial charge on any atom is 0.306 e. The molecule has 1 aliphatic rings. The van der Waals surface area contributed by atoms with Gasteiger partial charge in [-0.3, -0.25) is 9.59 Å². The van der Waals surface area contributed by atoms with Crippen LogP contribution < -0.4 is 0 Å². The Balaban J connectivity index is 2.03. The van der Waals surface area contributed by atoms with Gasteiger partial charge >= 0.3 is 5.97 Å². The van der Waals surface area contributed by atoms with Crippen LogP contribution in [-0.2, 0) is 4.79 Å². The van der Waals surface area contributed by atoms with Gasteiger partial charge in [-0.25, -0.2) is 0 Å². The van der Waals surface area contributed by atoms with Gasteiger partial charge in [-0.05, 0) is 53.5 Å². The number of carboxylic acids is 1. The molecule has 1 N–H and O–H groups in total. The van der Waals surface area contributed by atoms with Crippen LogP contribution in [0.3, 0.4) is 0 Å². The Hall–Kier alpha value is -0.910. The van der Waals surface area contributed by atoms with Gasteiger partial charge in [0, 0.05) is 15.6 Å². The lowest BCUT2D eigenvalue weighted by Gasteiger charge is -2.14. The van der Waals surface area contributed by atoms with Crippen LogP contribution in [0.4, 0.5) is 0 Å². The Morgan fingerprint density at radius 1 is 1.22 bits per heavy atom. The third-order valence-corrected chi connectivity index (χ3v) is 4.31. The van der Waals surface area contributed by atoms with Gasteiger partial charge < -0.3 is 5.11 Å². The fourth-order valence-electron chi connectivity index (χ4n) is 2.60. The first-order valence-corrected chi connectivity index (χ1v) is 7.17. The van der Waals surface area contributed by atoms with Gasteiger partial charge in [0.05, 0.1) is 5.92 Å². The molecular formula is C14H15IO3. The summed E-state index contributed by atoms with van der Waals surface area (Å²) in [7, 11) is 0. The maximum atomic E-state index is 12.1. The second-order valence-electron chi connectivity index (χ2n) is 4.77. The summed E-state index contributed by atoms with van der Waals surface area (Å²) in [6.45, 7) is 0. The largest absolute Gasteiger partial charge is 0.481 e. The molecule has 2 unspecified atom stereocenters. The highest BCUT2D eigenvalue weighted by molar-refractivity contribution is 14.1. The number of hydrogen-bond donors (Lipinski definition) is 1. The average molecular weight is 358 g/mol. The van der Waals surface area contributed by atoms with Gasteiger partial charge in [-0.15, -0.1) is 0 Å². The van der Waals surface area contributed by atoms with E-state index >= 15 is 0 Å². The highest BCUT2D eigenvalue weighted by Crippen LogP contribution is 2.35. The molecule has 2 rings (SSSR count). The van der Waals surface area contributed by atoms with Crippen molar-refractivity contribution in [1.82, 2.24) is 0 Å². The van der Waals surface area contributed by atoms with Crippen LogP contribution in [0, 0.1) is 15.4 Å². The number of aliphatic carboxylic acids is 1. The van der Waals surface area contributed by atoms with Crippen molar-refractivity contribution in [2.45, 2.75) is 25.7 Å². The van der Waals surface area contributed by atoms with Crippen molar-refractivity contribution < 1.29 is 14.7 Å². The smallest absolute Gasteiger partial charge is 0.306 e. The molecule has 0 heterocycles. The van der Waals surface area contributed by atoms with Crippen molar-refractivity contribution in [2.75, 3.05) is 0 Å². The van der Waals surface area contributed by atoms with E-state index in [1.54, 1.807) is 0 Å². The van der Waals surface area contributed by atoms with Crippen molar-refractivity contribution in [3.05, 3.63) is 33.4 Å². The molecule has 1 saturated carbocycles. The van der Waals surface area contributed by atoms with Crippen LogP contribution in [-0.4, -0.2) is 16.9 Å². The fraction of sp³-hybridized carbons (Fsp3) is 0.429. The first kappa shape index (κ1) is 13.5. The SMILES string of the molecule is O=C(CC1CCCC1C(=O)O)c1ccc(I)cc1. The summed E-state index contributed by atoms with van der Waals surface area (Å²) in [5.74, 6) is -1.02. The van der Waals surface area contributed by atoms with Crippen molar-refractivity contribution >= 4 is 34.3 Å². The van der Waals surface area contributed by atoms with Crippen LogP contribution in [0.2, 0.25) is 0 Å². The number of carbonyl (C=O) groups excluding carboxylic acids is 1. The Kier molecular flexibility index (Phi) is 4.37. The van der Waals surface area contributed by atoms with Crippen LogP contribution in [0.5, 0.6) is 0 Å². The van der Waals surface area contributed by atoms with E-state index in [0.29, 0.717) is 18.4 Å². The van der Waals surface area contributed by atoms with Gasteiger partial charge in [0.1, 0.15) is 0 Å². The molecular weight excluding hydrogens is 343 g/mol. The summed E-state index contributed by atoms with van der Waals surface area (Å²) in [6.07, 6.45) is 2.84. The Bertz CT molecular complexity index is 453. The first-order chi connectivity index (χ1) is 8.58. The minimum absolute atomic E-state index is 0.00859. The number of carbonyl (C=O) groups is 2. The minimum atomic E-state index is -0.757. The Morgan fingerprint density at radius 3 is 2.50 bits per heavy atom. The van der Waals surface area contributed by atoms with E-state index in [1.165, 1.54) is 0 Å². The summed E-state index contributed by atoms with van der Waals surface area (Å²) in [4.78, 5) is 23.1.